The van der Waals surface area contributed by atoms with Gasteiger partial charge in [-0.1, -0.05) is 23.7 Å². The lowest BCUT2D eigenvalue weighted by atomic mass is 10.1. The molecule has 1 unspecified atom stereocenters. The van der Waals surface area contributed by atoms with Crippen LogP contribution in [-0.4, -0.2) is 12.6 Å². The Morgan fingerprint density at radius 2 is 2.13 bits per heavy atom. The molecule has 0 spiro atoms. The van der Waals surface area contributed by atoms with Crippen LogP contribution in [-0.2, 0) is 0 Å². The molecule has 0 aromatic heterocycles. The summed E-state index contributed by atoms with van der Waals surface area (Å²) in [6.07, 6.45) is 3.48. The third kappa shape index (κ3) is 3.11. The van der Waals surface area contributed by atoms with Crippen molar-refractivity contribution >= 4 is 11.6 Å². The number of hydrogen-bond acceptors (Lipinski definition) is 2. The Morgan fingerprint density at radius 1 is 1.40 bits per heavy atom. The lowest BCUT2D eigenvalue weighted by Gasteiger charge is -2.11. The quantitative estimate of drug-likeness (QED) is 0.837. The number of rotatable bonds is 5. The summed E-state index contributed by atoms with van der Waals surface area (Å²) in [5.41, 5.74) is 5.97. The maximum atomic E-state index is 5.97. The molecule has 0 radical (unpaired) electrons. The van der Waals surface area contributed by atoms with Crippen LogP contribution < -0.4 is 10.5 Å². The van der Waals surface area contributed by atoms with Gasteiger partial charge in [0.1, 0.15) is 5.75 Å². The van der Waals surface area contributed by atoms with Crippen LogP contribution in [0, 0.1) is 5.92 Å². The van der Waals surface area contributed by atoms with E-state index in [4.69, 9.17) is 22.1 Å². The fourth-order valence-electron chi connectivity index (χ4n) is 1.63. The standard InChI is InChI=1S/C12H16ClNO/c13-10-3-1-2-4-12(10)15-8-7-11(14)9-5-6-9/h1-4,9,11H,5-8,14H2. The van der Waals surface area contributed by atoms with Crippen LogP contribution >= 0.6 is 11.6 Å². The van der Waals surface area contributed by atoms with E-state index < -0.39 is 0 Å². The molecule has 3 heteroatoms. The van der Waals surface area contributed by atoms with E-state index in [0.717, 1.165) is 18.1 Å². The Hall–Kier alpha value is -0.730. The summed E-state index contributed by atoms with van der Waals surface area (Å²) >= 11 is 5.96. The fourth-order valence-corrected chi connectivity index (χ4v) is 1.82. The van der Waals surface area contributed by atoms with Crippen molar-refractivity contribution in [2.45, 2.75) is 25.3 Å². The third-order valence-electron chi connectivity index (χ3n) is 2.77. The molecule has 2 nitrogen and oxygen atoms in total. The van der Waals surface area contributed by atoms with E-state index in [1.54, 1.807) is 0 Å². The second kappa shape index (κ2) is 4.86. The molecule has 0 saturated heterocycles. The van der Waals surface area contributed by atoms with Crippen molar-refractivity contribution in [1.29, 1.82) is 0 Å². The zero-order valence-corrected chi connectivity index (χ0v) is 9.41. The summed E-state index contributed by atoms with van der Waals surface area (Å²) in [5.74, 6) is 1.49. The van der Waals surface area contributed by atoms with E-state index >= 15 is 0 Å². The van der Waals surface area contributed by atoms with Crippen LogP contribution in [0.5, 0.6) is 5.75 Å². The number of halogens is 1. The average molecular weight is 226 g/mol. The highest BCUT2D eigenvalue weighted by Crippen LogP contribution is 2.33. The Labute approximate surface area is 95.4 Å². The van der Waals surface area contributed by atoms with Crippen molar-refractivity contribution < 1.29 is 4.74 Å². The normalized spacial score (nSPS) is 17.5. The van der Waals surface area contributed by atoms with Crippen LogP contribution in [0.25, 0.3) is 0 Å². The van der Waals surface area contributed by atoms with Crippen molar-refractivity contribution in [3.05, 3.63) is 29.3 Å². The minimum atomic E-state index is 0.299. The van der Waals surface area contributed by atoms with Gasteiger partial charge in [0.25, 0.3) is 0 Å². The smallest absolute Gasteiger partial charge is 0.137 e. The van der Waals surface area contributed by atoms with Crippen LogP contribution in [0.15, 0.2) is 24.3 Å². The number of ether oxygens (including phenoxy) is 1. The van der Waals surface area contributed by atoms with Gasteiger partial charge in [-0.3, -0.25) is 0 Å². The largest absolute Gasteiger partial charge is 0.492 e. The first-order valence-electron chi connectivity index (χ1n) is 5.40. The van der Waals surface area contributed by atoms with Gasteiger partial charge in [-0.25, -0.2) is 0 Å². The van der Waals surface area contributed by atoms with Crippen molar-refractivity contribution in [3.63, 3.8) is 0 Å². The van der Waals surface area contributed by atoms with E-state index in [9.17, 15) is 0 Å². The van der Waals surface area contributed by atoms with Crippen LogP contribution in [0.1, 0.15) is 19.3 Å². The van der Waals surface area contributed by atoms with Crippen molar-refractivity contribution in [1.82, 2.24) is 0 Å². The van der Waals surface area contributed by atoms with Crippen molar-refractivity contribution in [2.75, 3.05) is 6.61 Å². The summed E-state index contributed by atoms with van der Waals surface area (Å²) in [4.78, 5) is 0. The van der Waals surface area contributed by atoms with E-state index in [1.165, 1.54) is 12.8 Å². The molecule has 0 heterocycles. The Bertz CT molecular complexity index is 325. The Kier molecular flexibility index (Phi) is 3.49. The second-order valence-electron chi connectivity index (χ2n) is 4.07. The summed E-state index contributed by atoms with van der Waals surface area (Å²) in [6.45, 7) is 0.654. The zero-order chi connectivity index (χ0) is 10.7. The molecule has 0 aliphatic heterocycles. The lowest BCUT2D eigenvalue weighted by molar-refractivity contribution is 0.292. The molecule has 2 rings (SSSR count). The molecule has 1 fully saturated rings. The van der Waals surface area contributed by atoms with Crippen molar-refractivity contribution in [2.24, 2.45) is 11.7 Å². The topological polar surface area (TPSA) is 35.2 Å². The summed E-state index contributed by atoms with van der Waals surface area (Å²) in [6, 6.07) is 7.82. The monoisotopic (exact) mass is 225 g/mol. The van der Waals surface area contributed by atoms with Gasteiger partial charge in [0.15, 0.2) is 0 Å². The van der Waals surface area contributed by atoms with E-state index in [0.29, 0.717) is 17.7 Å². The molecule has 15 heavy (non-hydrogen) atoms. The number of benzene rings is 1. The van der Waals surface area contributed by atoms with Gasteiger partial charge in [0.05, 0.1) is 11.6 Å². The van der Waals surface area contributed by atoms with E-state index in [-0.39, 0.29) is 0 Å². The van der Waals surface area contributed by atoms with Crippen LogP contribution in [0.2, 0.25) is 5.02 Å². The first-order valence-corrected chi connectivity index (χ1v) is 5.78. The molecule has 1 aromatic carbocycles. The Morgan fingerprint density at radius 3 is 2.80 bits per heavy atom. The molecule has 0 bridgehead atoms. The van der Waals surface area contributed by atoms with E-state index in [2.05, 4.69) is 0 Å². The number of hydrogen-bond donors (Lipinski definition) is 1. The second-order valence-corrected chi connectivity index (χ2v) is 4.48. The fraction of sp³-hybridized carbons (Fsp3) is 0.500. The minimum Gasteiger partial charge on any atom is -0.492 e. The molecular weight excluding hydrogens is 210 g/mol. The summed E-state index contributed by atoms with van der Waals surface area (Å²) in [5, 5.41) is 0.664. The molecule has 1 aromatic rings. The van der Waals surface area contributed by atoms with Crippen molar-refractivity contribution in [3.8, 4) is 5.75 Å². The first kappa shape index (κ1) is 10.8. The molecule has 0 amide bonds. The van der Waals surface area contributed by atoms with Gasteiger partial charge < -0.3 is 10.5 Å². The molecular formula is C12H16ClNO. The molecule has 1 aliphatic carbocycles. The summed E-state index contributed by atoms with van der Waals surface area (Å²) < 4.78 is 5.57. The van der Waals surface area contributed by atoms with Gasteiger partial charge in [0.2, 0.25) is 0 Å². The number of nitrogens with two attached hydrogens (primary N) is 1. The van der Waals surface area contributed by atoms with Crippen LogP contribution in [0.4, 0.5) is 0 Å². The molecule has 2 N–H and O–H groups in total. The molecule has 1 saturated carbocycles. The zero-order valence-electron chi connectivity index (χ0n) is 8.66. The predicted octanol–water partition coefficient (Wildman–Crippen LogP) is 2.85. The Balaban J connectivity index is 1.75. The minimum absolute atomic E-state index is 0.299. The molecule has 82 valence electrons. The maximum Gasteiger partial charge on any atom is 0.137 e. The first-order chi connectivity index (χ1) is 7.27. The van der Waals surface area contributed by atoms with Gasteiger partial charge in [-0.15, -0.1) is 0 Å². The highest BCUT2D eigenvalue weighted by atomic mass is 35.5. The van der Waals surface area contributed by atoms with Gasteiger partial charge in [-0.2, -0.15) is 0 Å². The lowest BCUT2D eigenvalue weighted by Crippen LogP contribution is -2.24. The van der Waals surface area contributed by atoms with Crippen LogP contribution in [0.3, 0.4) is 0 Å². The maximum absolute atomic E-state index is 5.97. The average Bonchev–Trinajstić information content (AvgIpc) is 3.04. The third-order valence-corrected chi connectivity index (χ3v) is 3.09. The molecule has 1 atom stereocenters. The molecule has 1 aliphatic rings. The SMILES string of the molecule is NC(CCOc1ccccc1Cl)C1CC1. The summed E-state index contributed by atoms with van der Waals surface area (Å²) in [7, 11) is 0. The highest BCUT2D eigenvalue weighted by molar-refractivity contribution is 6.32. The van der Waals surface area contributed by atoms with Gasteiger partial charge in [-0.05, 0) is 37.3 Å². The number of para-hydroxylation sites is 1. The van der Waals surface area contributed by atoms with Gasteiger partial charge >= 0.3 is 0 Å². The van der Waals surface area contributed by atoms with E-state index in [1.807, 2.05) is 24.3 Å². The predicted molar refractivity (Wildman–Crippen MR) is 62.3 cm³/mol. The highest BCUT2D eigenvalue weighted by Gasteiger charge is 2.27. The van der Waals surface area contributed by atoms with Gasteiger partial charge in [0, 0.05) is 6.04 Å².